The number of fused-ring (bicyclic) bond motifs is 2. The summed E-state index contributed by atoms with van der Waals surface area (Å²) >= 11 is 0. The van der Waals surface area contributed by atoms with E-state index in [0.29, 0.717) is 30.0 Å². The smallest absolute Gasteiger partial charge is 0.407 e. The van der Waals surface area contributed by atoms with E-state index >= 15 is 0 Å². The summed E-state index contributed by atoms with van der Waals surface area (Å²) in [4.78, 5) is 33.1. The number of amides is 1. The van der Waals surface area contributed by atoms with Crippen LogP contribution in [0.4, 0.5) is 4.79 Å². The molecule has 1 saturated heterocycles. The zero-order chi connectivity index (χ0) is 23.3. The fourth-order valence-electron chi connectivity index (χ4n) is 4.81. The highest BCUT2D eigenvalue weighted by Gasteiger charge is 2.27. The average Bonchev–Trinajstić information content (AvgIpc) is 3.40. The van der Waals surface area contributed by atoms with Crippen molar-refractivity contribution in [3.8, 4) is 16.9 Å². The molecule has 0 aliphatic carbocycles. The van der Waals surface area contributed by atoms with Crippen molar-refractivity contribution in [2.75, 3.05) is 20.2 Å². The number of rotatable bonds is 4. The first-order valence-corrected chi connectivity index (χ1v) is 11.0. The van der Waals surface area contributed by atoms with Gasteiger partial charge in [0.1, 0.15) is 6.33 Å². The molecule has 0 bridgehead atoms. The van der Waals surface area contributed by atoms with Crippen LogP contribution in [-0.4, -0.2) is 60.4 Å². The number of pyridine rings is 1. The monoisotopic (exact) mass is 450 g/mol. The third-order valence-electron chi connectivity index (χ3n) is 6.41. The Hall–Kier alpha value is -3.82. The minimum absolute atomic E-state index is 0.183. The minimum Gasteiger partial charge on any atom is -0.493 e. The van der Waals surface area contributed by atoms with Gasteiger partial charge in [0, 0.05) is 24.8 Å². The standard InChI is InChI=1S/C23H26N6O4/c1-13(2)16-9-19-18(26-22(30)29(19)15-5-4-6-27(11-15)23(31)32)8-17(16)14-7-20(33-3)21-24-12-25-28(21)10-14/h7-10,12-13,15H,4-6,11H2,1-3H3,(H,26,30)(H,31,32). The SMILES string of the molecule is COc1cc(-c2cc3[nH]c(=O)n(C4CCCN(C(=O)O)C4)c3cc2C(C)C)cn2ncnc12. The van der Waals surface area contributed by atoms with Gasteiger partial charge in [-0.05, 0) is 48.1 Å². The van der Waals surface area contributed by atoms with Crippen molar-refractivity contribution in [3.63, 3.8) is 0 Å². The lowest BCUT2D eigenvalue weighted by molar-refractivity contribution is 0.121. The predicted octanol–water partition coefficient (Wildman–Crippen LogP) is 3.49. The lowest BCUT2D eigenvalue weighted by Gasteiger charge is -2.31. The molecule has 5 rings (SSSR count). The Kier molecular flexibility index (Phi) is 5.07. The summed E-state index contributed by atoms with van der Waals surface area (Å²) in [7, 11) is 1.60. The maximum Gasteiger partial charge on any atom is 0.407 e. The van der Waals surface area contributed by atoms with Crippen LogP contribution in [0.3, 0.4) is 0 Å². The number of carbonyl (C=O) groups is 1. The lowest BCUT2D eigenvalue weighted by Crippen LogP contribution is -2.41. The lowest BCUT2D eigenvalue weighted by atomic mass is 9.92. The van der Waals surface area contributed by atoms with E-state index in [1.54, 1.807) is 16.2 Å². The van der Waals surface area contributed by atoms with Crippen LogP contribution in [0.25, 0.3) is 27.8 Å². The Labute approximate surface area is 189 Å². The number of methoxy groups -OCH3 is 1. The Balaban J connectivity index is 1.68. The fourth-order valence-corrected chi connectivity index (χ4v) is 4.81. The molecule has 3 aromatic heterocycles. The number of H-pyrrole nitrogens is 1. The van der Waals surface area contributed by atoms with Gasteiger partial charge in [0.2, 0.25) is 0 Å². The number of nitrogens with zero attached hydrogens (tertiary/aromatic N) is 5. The maximum atomic E-state index is 13.0. The molecule has 1 aliphatic rings. The first kappa shape index (κ1) is 21.0. The second-order valence-corrected chi connectivity index (χ2v) is 8.76. The van der Waals surface area contributed by atoms with Gasteiger partial charge in [-0.1, -0.05) is 13.8 Å². The largest absolute Gasteiger partial charge is 0.493 e. The van der Waals surface area contributed by atoms with E-state index in [9.17, 15) is 14.7 Å². The molecular weight excluding hydrogens is 424 g/mol. The summed E-state index contributed by atoms with van der Waals surface area (Å²) in [5, 5.41) is 13.7. The number of benzene rings is 1. The van der Waals surface area contributed by atoms with Crippen LogP contribution >= 0.6 is 0 Å². The molecule has 1 atom stereocenters. The van der Waals surface area contributed by atoms with Gasteiger partial charge in [-0.2, -0.15) is 5.10 Å². The number of nitrogens with one attached hydrogen (secondary N) is 1. The highest BCUT2D eigenvalue weighted by Crippen LogP contribution is 2.36. The van der Waals surface area contributed by atoms with E-state index in [1.807, 2.05) is 24.4 Å². The molecule has 10 nitrogen and oxygen atoms in total. The normalized spacial score (nSPS) is 16.7. The molecular formula is C23H26N6O4. The zero-order valence-electron chi connectivity index (χ0n) is 18.8. The van der Waals surface area contributed by atoms with Crippen molar-refractivity contribution in [1.29, 1.82) is 0 Å². The topological polar surface area (TPSA) is 118 Å². The number of ether oxygens (including phenoxy) is 1. The summed E-state index contributed by atoms with van der Waals surface area (Å²) in [5.41, 5.74) is 4.86. The molecule has 1 aliphatic heterocycles. The van der Waals surface area contributed by atoms with Crippen molar-refractivity contribution in [2.24, 2.45) is 0 Å². The van der Waals surface area contributed by atoms with Crippen LogP contribution in [0.2, 0.25) is 0 Å². The van der Waals surface area contributed by atoms with Crippen molar-refractivity contribution >= 4 is 22.8 Å². The van der Waals surface area contributed by atoms with E-state index in [4.69, 9.17) is 4.74 Å². The molecule has 4 aromatic rings. The number of hydrogen-bond acceptors (Lipinski definition) is 5. The van der Waals surface area contributed by atoms with Gasteiger partial charge in [0.15, 0.2) is 11.4 Å². The number of piperidine rings is 1. The molecule has 4 heterocycles. The summed E-state index contributed by atoms with van der Waals surface area (Å²) < 4.78 is 8.93. The Morgan fingerprint density at radius 3 is 2.85 bits per heavy atom. The molecule has 1 aromatic carbocycles. The number of aromatic nitrogens is 5. The van der Waals surface area contributed by atoms with E-state index in [2.05, 4.69) is 28.9 Å². The minimum atomic E-state index is -0.949. The van der Waals surface area contributed by atoms with Crippen LogP contribution in [-0.2, 0) is 0 Å². The van der Waals surface area contributed by atoms with E-state index in [1.165, 1.54) is 11.2 Å². The summed E-state index contributed by atoms with van der Waals surface area (Å²) in [5.74, 6) is 0.795. The van der Waals surface area contributed by atoms with Crippen LogP contribution in [0.5, 0.6) is 5.75 Å². The highest BCUT2D eigenvalue weighted by molar-refractivity contribution is 5.85. The van der Waals surface area contributed by atoms with Crippen molar-refractivity contribution in [1.82, 2.24) is 29.0 Å². The van der Waals surface area contributed by atoms with E-state index in [-0.39, 0.29) is 17.6 Å². The Morgan fingerprint density at radius 2 is 2.12 bits per heavy atom. The van der Waals surface area contributed by atoms with Gasteiger partial charge >= 0.3 is 11.8 Å². The van der Waals surface area contributed by atoms with Crippen LogP contribution in [0.15, 0.2) is 35.5 Å². The number of imidazole rings is 1. The highest BCUT2D eigenvalue weighted by atomic mass is 16.5. The number of hydrogen-bond donors (Lipinski definition) is 2. The van der Waals surface area contributed by atoms with Gasteiger partial charge in [-0.15, -0.1) is 0 Å². The third-order valence-corrected chi connectivity index (χ3v) is 6.41. The van der Waals surface area contributed by atoms with Gasteiger partial charge < -0.3 is 19.7 Å². The maximum absolute atomic E-state index is 13.0. The van der Waals surface area contributed by atoms with E-state index < -0.39 is 6.09 Å². The first-order valence-electron chi connectivity index (χ1n) is 11.0. The summed E-state index contributed by atoms with van der Waals surface area (Å²) in [6, 6.07) is 5.76. The molecule has 2 N–H and O–H groups in total. The predicted molar refractivity (Wildman–Crippen MR) is 123 cm³/mol. The molecule has 0 spiro atoms. The Bertz CT molecular complexity index is 1420. The van der Waals surface area contributed by atoms with E-state index in [0.717, 1.165) is 35.0 Å². The molecule has 1 amide bonds. The third kappa shape index (κ3) is 3.51. The van der Waals surface area contributed by atoms with Crippen molar-refractivity contribution < 1.29 is 14.6 Å². The van der Waals surface area contributed by atoms with Crippen LogP contribution in [0.1, 0.15) is 44.2 Å². The molecule has 1 fully saturated rings. The Morgan fingerprint density at radius 1 is 1.30 bits per heavy atom. The van der Waals surface area contributed by atoms with Crippen molar-refractivity contribution in [3.05, 3.63) is 46.8 Å². The van der Waals surface area contributed by atoms with Crippen LogP contribution in [0, 0.1) is 0 Å². The molecule has 1 unspecified atom stereocenters. The summed E-state index contributed by atoms with van der Waals surface area (Å²) in [6.07, 6.45) is 3.92. The number of aromatic amines is 1. The van der Waals surface area contributed by atoms with Crippen molar-refractivity contribution in [2.45, 2.75) is 38.6 Å². The summed E-state index contributed by atoms with van der Waals surface area (Å²) in [6.45, 7) is 5.02. The van der Waals surface area contributed by atoms with Gasteiger partial charge in [-0.25, -0.2) is 19.1 Å². The first-order chi connectivity index (χ1) is 15.9. The average molecular weight is 450 g/mol. The van der Waals surface area contributed by atoms with Gasteiger partial charge in [-0.3, -0.25) is 4.57 Å². The number of carboxylic acid groups (broad SMARTS) is 1. The molecule has 0 saturated carbocycles. The molecule has 10 heteroatoms. The quantitative estimate of drug-likeness (QED) is 0.491. The molecule has 33 heavy (non-hydrogen) atoms. The molecule has 0 radical (unpaired) electrons. The zero-order valence-corrected chi connectivity index (χ0v) is 18.8. The second kappa shape index (κ2) is 7.95. The number of likely N-dealkylation sites (tertiary alicyclic amines) is 1. The molecule has 172 valence electrons. The fraction of sp³-hybridized carbons (Fsp3) is 0.391. The van der Waals surface area contributed by atoms with Gasteiger partial charge in [0.25, 0.3) is 0 Å². The second-order valence-electron chi connectivity index (χ2n) is 8.76. The van der Waals surface area contributed by atoms with Crippen LogP contribution < -0.4 is 10.4 Å². The van der Waals surface area contributed by atoms with Gasteiger partial charge in [0.05, 0.1) is 24.2 Å².